The fourth-order valence-electron chi connectivity index (χ4n) is 2.71. The third-order valence-electron chi connectivity index (χ3n) is 3.88. The van der Waals surface area contributed by atoms with Gasteiger partial charge in [-0.05, 0) is 23.1 Å². The van der Waals surface area contributed by atoms with Crippen molar-refractivity contribution in [2.45, 2.75) is 20.5 Å². The van der Waals surface area contributed by atoms with Crippen molar-refractivity contribution in [1.29, 1.82) is 0 Å². The van der Waals surface area contributed by atoms with Gasteiger partial charge in [-0.25, -0.2) is 0 Å². The Balaban J connectivity index is 2.06. The number of aliphatic carboxylic acids is 1. The number of rotatable bonds is 5. The molecule has 2 N–H and O–H groups in total. The number of carbonyl (C=O) groups excluding carboxylic acids is 1. The number of amides is 1. The van der Waals surface area contributed by atoms with Crippen LogP contribution in [-0.2, 0) is 20.9 Å². The van der Waals surface area contributed by atoms with E-state index in [-0.39, 0.29) is 5.91 Å². The lowest BCUT2D eigenvalue weighted by Crippen LogP contribution is -2.17. The number of benzene rings is 1. The zero-order valence-corrected chi connectivity index (χ0v) is 11.8. The van der Waals surface area contributed by atoms with Crippen molar-refractivity contribution in [1.82, 2.24) is 0 Å². The lowest BCUT2D eigenvalue weighted by atomic mass is 10.1. The van der Waals surface area contributed by atoms with E-state index in [1.165, 1.54) is 0 Å². The second kappa shape index (κ2) is 5.25. The molecule has 0 aliphatic heterocycles. The average Bonchev–Trinajstić information content (AvgIpc) is 2.93. The minimum Gasteiger partial charge on any atom is -0.481 e. The number of carboxylic acid groups (broad SMARTS) is 1. The van der Waals surface area contributed by atoms with Gasteiger partial charge in [0.25, 0.3) is 0 Å². The van der Waals surface area contributed by atoms with Crippen LogP contribution in [0, 0.1) is 17.3 Å². The third-order valence-corrected chi connectivity index (χ3v) is 3.88. The maximum absolute atomic E-state index is 12.2. The molecule has 5 heteroatoms. The van der Waals surface area contributed by atoms with Gasteiger partial charge in [0, 0.05) is 12.8 Å². The van der Waals surface area contributed by atoms with E-state index in [1.54, 1.807) is 27.0 Å². The summed E-state index contributed by atoms with van der Waals surface area (Å²) in [5.74, 6) is -2.24. The summed E-state index contributed by atoms with van der Waals surface area (Å²) in [7, 11) is 1.61. The van der Waals surface area contributed by atoms with Gasteiger partial charge in [0.05, 0.1) is 18.4 Å². The van der Waals surface area contributed by atoms with Gasteiger partial charge in [0.15, 0.2) is 0 Å². The normalized spacial score (nSPS) is 23.1. The molecule has 2 atom stereocenters. The lowest BCUT2D eigenvalue weighted by molar-refractivity contribution is -0.140. The molecule has 108 valence electrons. The van der Waals surface area contributed by atoms with Crippen LogP contribution in [0.2, 0.25) is 0 Å². The molecule has 0 unspecified atom stereocenters. The topological polar surface area (TPSA) is 75.6 Å². The van der Waals surface area contributed by atoms with Gasteiger partial charge in [-0.15, -0.1) is 0 Å². The molecule has 5 nitrogen and oxygen atoms in total. The second-order valence-corrected chi connectivity index (χ2v) is 5.74. The van der Waals surface area contributed by atoms with Crippen molar-refractivity contribution in [3.05, 3.63) is 29.8 Å². The van der Waals surface area contributed by atoms with Crippen LogP contribution in [0.25, 0.3) is 0 Å². The molecule has 0 heterocycles. The molecular weight excluding hydrogens is 258 g/mol. The van der Waals surface area contributed by atoms with Crippen LogP contribution in [0.4, 0.5) is 5.69 Å². The Kier molecular flexibility index (Phi) is 3.81. The summed E-state index contributed by atoms with van der Waals surface area (Å²) in [5.41, 5.74) is 1.13. The van der Waals surface area contributed by atoms with Gasteiger partial charge in [-0.3, -0.25) is 9.59 Å². The van der Waals surface area contributed by atoms with E-state index in [0.29, 0.717) is 12.3 Å². The largest absolute Gasteiger partial charge is 0.481 e. The summed E-state index contributed by atoms with van der Waals surface area (Å²) in [6.45, 7) is 4.07. The maximum Gasteiger partial charge on any atom is 0.307 e. The highest BCUT2D eigenvalue weighted by atomic mass is 16.5. The summed E-state index contributed by atoms with van der Waals surface area (Å²) in [6, 6.07) is 7.34. The van der Waals surface area contributed by atoms with Gasteiger partial charge >= 0.3 is 5.97 Å². The zero-order valence-electron chi connectivity index (χ0n) is 11.8. The van der Waals surface area contributed by atoms with E-state index < -0.39 is 23.2 Å². The van der Waals surface area contributed by atoms with Crippen molar-refractivity contribution < 1.29 is 19.4 Å². The fourth-order valence-corrected chi connectivity index (χ4v) is 2.71. The van der Waals surface area contributed by atoms with Crippen LogP contribution in [0.15, 0.2) is 24.3 Å². The Labute approximate surface area is 117 Å². The molecular formula is C15H19NO4. The molecule has 1 amide bonds. The monoisotopic (exact) mass is 277 g/mol. The van der Waals surface area contributed by atoms with Crippen LogP contribution in [0.5, 0.6) is 0 Å². The molecule has 1 fully saturated rings. The summed E-state index contributed by atoms with van der Waals surface area (Å²) in [6.07, 6.45) is 0. The van der Waals surface area contributed by atoms with E-state index in [0.717, 1.165) is 5.56 Å². The first-order valence-corrected chi connectivity index (χ1v) is 6.49. The number of methoxy groups -OCH3 is 1. The Morgan fingerprint density at radius 1 is 1.35 bits per heavy atom. The van der Waals surface area contributed by atoms with Crippen molar-refractivity contribution in [3.8, 4) is 0 Å². The first-order chi connectivity index (χ1) is 9.37. The maximum atomic E-state index is 12.2. The Bertz CT molecular complexity index is 538. The van der Waals surface area contributed by atoms with Gasteiger partial charge in [-0.1, -0.05) is 26.0 Å². The van der Waals surface area contributed by atoms with E-state index in [9.17, 15) is 9.59 Å². The summed E-state index contributed by atoms with van der Waals surface area (Å²) in [4.78, 5) is 23.3. The van der Waals surface area contributed by atoms with E-state index in [4.69, 9.17) is 9.84 Å². The van der Waals surface area contributed by atoms with Crippen molar-refractivity contribution in [2.75, 3.05) is 12.4 Å². The fraction of sp³-hybridized carbons (Fsp3) is 0.467. The van der Waals surface area contributed by atoms with Gasteiger partial charge in [0.1, 0.15) is 0 Å². The molecule has 1 saturated carbocycles. The van der Waals surface area contributed by atoms with Crippen LogP contribution < -0.4 is 5.32 Å². The molecule has 0 saturated heterocycles. The number of hydrogen-bond donors (Lipinski definition) is 2. The van der Waals surface area contributed by atoms with Crippen molar-refractivity contribution in [2.24, 2.45) is 17.3 Å². The highest BCUT2D eigenvalue weighted by Crippen LogP contribution is 2.58. The first kappa shape index (κ1) is 14.5. The van der Waals surface area contributed by atoms with E-state index in [2.05, 4.69) is 5.32 Å². The minimum absolute atomic E-state index is 0.239. The SMILES string of the molecule is COCc1cccc(NC(=O)[C@H]2[C@@H](C(=O)O)C2(C)C)c1. The van der Waals surface area contributed by atoms with Gasteiger partial charge < -0.3 is 15.2 Å². The molecule has 0 radical (unpaired) electrons. The lowest BCUT2D eigenvalue weighted by Gasteiger charge is -2.08. The van der Waals surface area contributed by atoms with Crippen LogP contribution in [0.1, 0.15) is 19.4 Å². The highest BCUT2D eigenvalue weighted by Gasteiger charge is 2.65. The van der Waals surface area contributed by atoms with Crippen LogP contribution >= 0.6 is 0 Å². The van der Waals surface area contributed by atoms with Gasteiger partial charge in [0.2, 0.25) is 5.91 Å². The second-order valence-electron chi connectivity index (χ2n) is 5.74. The molecule has 1 aliphatic carbocycles. The van der Waals surface area contributed by atoms with Crippen molar-refractivity contribution >= 4 is 17.6 Å². The summed E-state index contributed by atoms with van der Waals surface area (Å²) in [5, 5.41) is 11.9. The standard InChI is InChI=1S/C15H19NO4/c1-15(2)11(12(15)14(18)19)13(17)16-10-6-4-5-9(7-10)8-20-3/h4-7,11-12H,8H2,1-3H3,(H,16,17)(H,18,19)/t11-,12+/m1/s1. The number of carbonyl (C=O) groups is 2. The number of carboxylic acids is 1. The predicted molar refractivity (Wildman–Crippen MR) is 74.2 cm³/mol. The van der Waals surface area contributed by atoms with Gasteiger partial charge in [-0.2, -0.15) is 0 Å². The molecule has 1 aliphatic rings. The number of anilines is 1. The molecule has 20 heavy (non-hydrogen) atoms. The summed E-state index contributed by atoms with van der Waals surface area (Å²) >= 11 is 0. The Morgan fingerprint density at radius 2 is 2.05 bits per heavy atom. The predicted octanol–water partition coefficient (Wildman–Crippen LogP) is 2.13. The van der Waals surface area contributed by atoms with Crippen LogP contribution in [-0.4, -0.2) is 24.1 Å². The average molecular weight is 277 g/mol. The van der Waals surface area contributed by atoms with E-state index >= 15 is 0 Å². The summed E-state index contributed by atoms with van der Waals surface area (Å²) < 4.78 is 5.04. The quantitative estimate of drug-likeness (QED) is 0.864. The van der Waals surface area contributed by atoms with Crippen LogP contribution in [0.3, 0.4) is 0 Å². The first-order valence-electron chi connectivity index (χ1n) is 6.49. The number of nitrogens with one attached hydrogen (secondary N) is 1. The zero-order chi connectivity index (χ0) is 14.9. The molecule has 0 bridgehead atoms. The highest BCUT2D eigenvalue weighted by molar-refractivity contribution is 5.99. The molecule has 2 rings (SSSR count). The smallest absolute Gasteiger partial charge is 0.307 e. The molecule has 1 aromatic carbocycles. The molecule has 0 aromatic heterocycles. The number of hydrogen-bond acceptors (Lipinski definition) is 3. The Morgan fingerprint density at radius 3 is 2.60 bits per heavy atom. The van der Waals surface area contributed by atoms with Crippen molar-refractivity contribution in [3.63, 3.8) is 0 Å². The number of ether oxygens (including phenoxy) is 1. The van der Waals surface area contributed by atoms with E-state index in [1.807, 2.05) is 18.2 Å². The third kappa shape index (κ3) is 2.67. The minimum atomic E-state index is -0.914. The molecule has 0 spiro atoms. The Hall–Kier alpha value is -1.88. The molecule has 1 aromatic rings.